The minimum atomic E-state index is -1.05. The van der Waals surface area contributed by atoms with Crippen molar-refractivity contribution in [1.82, 2.24) is 4.90 Å². The fourth-order valence-electron chi connectivity index (χ4n) is 2.86. The molecule has 1 fully saturated rings. The fourth-order valence-corrected chi connectivity index (χ4v) is 2.86. The summed E-state index contributed by atoms with van der Waals surface area (Å²) in [7, 11) is 0. The van der Waals surface area contributed by atoms with E-state index in [2.05, 4.69) is 0 Å². The molecule has 26 heavy (non-hydrogen) atoms. The molecule has 2 aromatic carbocycles. The Labute approximate surface area is 152 Å². The highest BCUT2D eigenvalue weighted by Crippen LogP contribution is 2.16. The molecule has 6 nitrogen and oxygen atoms in total. The maximum absolute atomic E-state index is 12.7. The number of amides is 1. The van der Waals surface area contributed by atoms with Gasteiger partial charge in [0.1, 0.15) is 12.4 Å². The summed E-state index contributed by atoms with van der Waals surface area (Å²) in [6, 6.07) is 16.7. The average Bonchev–Trinajstić information content (AvgIpc) is 2.66. The Kier molecular flexibility index (Phi) is 5.53. The highest BCUT2D eigenvalue weighted by molar-refractivity contribution is 5.94. The summed E-state index contributed by atoms with van der Waals surface area (Å²) < 4.78 is 11.0. The van der Waals surface area contributed by atoms with Gasteiger partial charge in [-0.2, -0.15) is 0 Å². The third-order valence-electron chi connectivity index (χ3n) is 4.17. The van der Waals surface area contributed by atoms with E-state index in [0.29, 0.717) is 18.7 Å². The Morgan fingerprint density at radius 3 is 2.46 bits per heavy atom. The molecule has 0 radical (unpaired) electrons. The first-order valence-electron chi connectivity index (χ1n) is 8.47. The van der Waals surface area contributed by atoms with Crippen LogP contribution < -0.4 is 4.74 Å². The number of rotatable bonds is 5. The maximum Gasteiger partial charge on any atom is 0.334 e. The second kappa shape index (κ2) is 8.01. The molecule has 2 atom stereocenters. The number of nitrogens with zero attached hydrogens (tertiary/aromatic N) is 1. The average molecular weight is 355 g/mol. The van der Waals surface area contributed by atoms with Crippen LogP contribution in [0, 0.1) is 0 Å². The number of benzene rings is 2. The van der Waals surface area contributed by atoms with Crippen molar-refractivity contribution in [2.45, 2.75) is 25.7 Å². The van der Waals surface area contributed by atoms with Gasteiger partial charge in [0.15, 0.2) is 6.10 Å². The summed E-state index contributed by atoms with van der Waals surface area (Å²) in [6.07, 6.45) is -1.30. The Morgan fingerprint density at radius 2 is 1.81 bits per heavy atom. The lowest BCUT2D eigenvalue weighted by Gasteiger charge is -2.35. The van der Waals surface area contributed by atoms with Crippen LogP contribution in [0.3, 0.4) is 0 Å². The van der Waals surface area contributed by atoms with Crippen LogP contribution in [0.5, 0.6) is 5.75 Å². The van der Waals surface area contributed by atoms with E-state index < -0.39 is 12.1 Å². The van der Waals surface area contributed by atoms with E-state index in [1.165, 1.54) is 4.90 Å². The van der Waals surface area contributed by atoms with Crippen LogP contribution in [0.1, 0.15) is 22.8 Å². The molecule has 0 bridgehead atoms. The predicted octanol–water partition coefficient (Wildman–Crippen LogP) is 2.58. The summed E-state index contributed by atoms with van der Waals surface area (Å²) in [5.74, 6) is -0.459. The summed E-state index contributed by atoms with van der Waals surface area (Å²) in [6.45, 7) is 2.60. The van der Waals surface area contributed by atoms with Crippen LogP contribution in [0.2, 0.25) is 0 Å². The second-order valence-electron chi connectivity index (χ2n) is 6.28. The Bertz CT molecular complexity index is 760. The summed E-state index contributed by atoms with van der Waals surface area (Å²) in [4.78, 5) is 25.3. The summed E-state index contributed by atoms with van der Waals surface area (Å²) in [5, 5.41) is 9.14. The first-order chi connectivity index (χ1) is 12.5. The lowest BCUT2D eigenvalue weighted by Crippen LogP contribution is -2.51. The number of ether oxygens (including phenoxy) is 2. The Hall–Kier alpha value is -2.86. The van der Waals surface area contributed by atoms with Gasteiger partial charge in [0.2, 0.25) is 0 Å². The molecule has 0 aliphatic carbocycles. The van der Waals surface area contributed by atoms with Crippen LogP contribution in [0.15, 0.2) is 54.6 Å². The molecule has 1 saturated heterocycles. The minimum absolute atomic E-state index is 0.0530. The number of morpholine rings is 1. The molecule has 0 aromatic heterocycles. The van der Waals surface area contributed by atoms with E-state index in [1.54, 1.807) is 19.1 Å². The standard InChI is InChI=1S/C20H21NO5/c1-14-11-21(12-18(26-14)20(23)24)19(22)16-9-7-15(8-10-16)13-25-17-5-3-2-4-6-17/h2-10,14,18H,11-13H2,1H3,(H,23,24)/t14-,18?/m1/s1. The number of carbonyl (C=O) groups excluding carboxylic acids is 1. The third kappa shape index (κ3) is 4.40. The molecule has 0 spiro atoms. The smallest absolute Gasteiger partial charge is 0.334 e. The van der Waals surface area contributed by atoms with E-state index in [1.807, 2.05) is 42.5 Å². The molecule has 1 heterocycles. The number of aliphatic carboxylic acids is 1. The molecule has 1 unspecified atom stereocenters. The van der Waals surface area contributed by atoms with E-state index in [9.17, 15) is 9.59 Å². The zero-order valence-corrected chi connectivity index (χ0v) is 14.5. The van der Waals surface area contributed by atoms with Gasteiger partial charge in [-0.3, -0.25) is 4.79 Å². The minimum Gasteiger partial charge on any atom is -0.489 e. The van der Waals surface area contributed by atoms with Crippen molar-refractivity contribution in [2.24, 2.45) is 0 Å². The quantitative estimate of drug-likeness (QED) is 0.892. The first kappa shape index (κ1) is 17.9. The van der Waals surface area contributed by atoms with Crippen molar-refractivity contribution in [3.63, 3.8) is 0 Å². The highest BCUT2D eigenvalue weighted by Gasteiger charge is 2.32. The van der Waals surface area contributed by atoms with Crippen LogP contribution in [0.25, 0.3) is 0 Å². The van der Waals surface area contributed by atoms with E-state index in [-0.39, 0.29) is 18.6 Å². The third-order valence-corrected chi connectivity index (χ3v) is 4.17. The summed E-state index contributed by atoms with van der Waals surface area (Å²) in [5.41, 5.74) is 1.47. The number of carboxylic acids is 1. The predicted molar refractivity (Wildman–Crippen MR) is 95.1 cm³/mol. The molecule has 1 aliphatic rings. The van der Waals surface area contributed by atoms with Crippen LogP contribution in [0.4, 0.5) is 0 Å². The number of hydrogen-bond acceptors (Lipinski definition) is 4. The molecule has 1 amide bonds. The first-order valence-corrected chi connectivity index (χ1v) is 8.47. The topological polar surface area (TPSA) is 76.1 Å². The van der Waals surface area contributed by atoms with Gasteiger partial charge in [-0.25, -0.2) is 4.79 Å². The van der Waals surface area contributed by atoms with E-state index in [0.717, 1.165) is 11.3 Å². The van der Waals surface area contributed by atoms with Gasteiger partial charge in [-0.05, 0) is 36.8 Å². The molecule has 1 N–H and O–H groups in total. The molecule has 1 aliphatic heterocycles. The van der Waals surface area contributed by atoms with Crippen LogP contribution >= 0.6 is 0 Å². The van der Waals surface area contributed by atoms with Crippen LogP contribution in [-0.4, -0.2) is 47.2 Å². The van der Waals surface area contributed by atoms with Gasteiger partial charge in [0.25, 0.3) is 5.91 Å². The SMILES string of the molecule is C[C@@H]1CN(C(=O)c2ccc(COc3ccccc3)cc2)CC(C(=O)O)O1. The molecule has 0 saturated carbocycles. The normalized spacial score (nSPS) is 19.8. The number of carbonyl (C=O) groups is 2. The van der Waals surface area contributed by atoms with Crippen LogP contribution in [-0.2, 0) is 16.1 Å². The van der Waals surface area contributed by atoms with Gasteiger partial charge in [0, 0.05) is 12.1 Å². The Morgan fingerprint density at radius 1 is 1.12 bits per heavy atom. The largest absolute Gasteiger partial charge is 0.489 e. The zero-order chi connectivity index (χ0) is 18.5. The maximum atomic E-state index is 12.7. The molecule has 3 rings (SSSR count). The van der Waals surface area contributed by atoms with Gasteiger partial charge in [-0.1, -0.05) is 30.3 Å². The lowest BCUT2D eigenvalue weighted by molar-refractivity contribution is -0.160. The van der Waals surface area contributed by atoms with Gasteiger partial charge < -0.3 is 19.5 Å². The zero-order valence-electron chi connectivity index (χ0n) is 14.5. The van der Waals surface area contributed by atoms with E-state index in [4.69, 9.17) is 14.6 Å². The van der Waals surface area contributed by atoms with Crippen molar-refractivity contribution < 1.29 is 24.2 Å². The number of carboxylic acid groups (broad SMARTS) is 1. The second-order valence-corrected chi connectivity index (χ2v) is 6.28. The van der Waals surface area contributed by atoms with Crippen molar-refractivity contribution >= 4 is 11.9 Å². The summed E-state index contributed by atoms with van der Waals surface area (Å²) >= 11 is 0. The molecular formula is C20H21NO5. The molecule has 6 heteroatoms. The fraction of sp³-hybridized carbons (Fsp3) is 0.300. The van der Waals surface area contributed by atoms with Gasteiger partial charge in [-0.15, -0.1) is 0 Å². The number of hydrogen-bond donors (Lipinski definition) is 1. The Balaban J connectivity index is 1.62. The van der Waals surface area contributed by atoms with Gasteiger partial charge >= 0.3 is 5.97 Å². The molecule has 136 valence electrons. The van der Waals surface area contributed by atoms with Crippen molar-refractivity contribution in [2.75, 3.05) is 13.1 Å². The monoisotopic (exact) mass is 355 g/mol. The van der Waals surface area contributed by atoms with Gasteiger partial charge in [0.05, 0.1) is 12.6 Å². The highest BCUT2D eigenvalue weighted by atomic mass is 16.5. The lowest BCUT2D eigenvalue weighted by atomic mass is 10.1. The van der Waals surface area contributed by atoms with Crippen molar-refractivity contribution in [1.29, 1.82) is 0 Å². The number of para-hydroxylation sites is 1. The molecule has 2 aromatic rings. The van der Waals surface area contributed by atoms with Crippen molar-refractivity contribution in [3.8, 4) is 5.75 Å². The molecular weight excluding hydrogens is 334 g/mol. The van der Waals surface area contributed by atoms with E-state index >= 15 is 0 Å². The van der Waals surface area contributed by atoms with Crippen molar-refractivity contribution in [3.05, 3.63) is 65.7 Å².